The SMILES string of the molecule is CC(C)(C)NCC1(OC2CCCCC2)CCCC1. The second-order valence-corrected chi connectivity index (χ2v) is 7.37. The summed E-state index contributed by atoms with van der Waals surface area (Å²) in [5.74, 6) is 0. The number of rotatable bonds is 4. The van der Waals surface area contributed by atoms with Crippen LogP contribution in [0.1, 0.15) is 78.6 Å². The Labute approximate surface area is 113 Å². The van der Waals surface area contributed by atoms with E-state index in [1.807, 2.05) is 0 Å². The van der Waals surface area contributed by atoms with E-state index in [0.717, 1.165) is 6.54 Å². The Kier molecular flexibility index (Phi) is 4.71. The van der Waals surface area contributed by atoms with Gasteiger partial charge in [-0.1, -0.05) is 32.1 Å². The lowest BCUT2D eigenvalue weighted by atomic mass is 9.94. The van der Waals surface area contributed by atoms with Gasteiger partial charge in [0.05, 0.1) is 11.7 Å². The molecule has 2 nitrogen and oxygen atoms in total. The molecule has 2 saturated carbocycles. The highest BCUT2D eigenvalue weighted by atomic mass is 16.5. The Morgan fingerprint density at radius 3 is 2.17 bits per heavy atom. The minimum atomic E-state index is 0.148. The highest BCUT2D eigenvalue weighted by Crippen LogP contribution is 2.36. The van der Waals surface area contributed by atoms with Gasteiger partial charge in [-0.3, -0.25) is 0 Å². The summed E-state index contributed by atoms with van der Waals surface area (Å²) in [6, 6.07) is 0. The fourth-order valence-electron chi connectivity index (χ4n) is 3.32. The summed E-state index contributed by atoms with van der Waals surface area (Å²) in [4.78, 5) is 0. The van der Waals surface area contributed by atoms with E-state index in [1.165, 1.54) is 57.8 Å². The van der Waals surface area contributed by atoms with Crippen LogP contribution in [-0.2, 0) is 4.74 Å². The molecule has 2 heteroatoms. The van der Waals surface area contributed by atoms with Crippen LogP contribution in [0.4, 0.5) is 0 Å². The summed E-state index contributed by atoms with van der Waals surface area (Å²) in [6.07, 6.45) is 12.5. The lowest BCUT2D eigenvalue weighted by Gasteiger charge is -2.38. The number of hydrogen-bond acceptors (Lipinski definition) is 2. The molecule has 0 bridgehead atoms. The Balaban J connectivity index is 1.89. The third kappa shape index (κ3) is 4.24. The first-order valence-corrected chi connectivity index (χ1v) is 7.92. The van der Waals surface area contributed by atoms with E-state index in [2.05, 4.69) is 26.1 Å². The summed E-state index contributed by atoms with van der Waals surface area (Å²) >= 11 is 0. The minimum Gasteiger partial charge on any atom is -0.370 e. The molecule has 0 saturated heterocycles. The summed E-state index contributed by atoms with van der Waals surface area (Å²) < 4.78 is 6.57. The Bertz CT molecular complexity index is 244. The zero-order valence-corrected chi connectivity index (χ0v) is 12.6. The van der Waals surface area contributed by atoms with Crippen LogP contribution in [0, 0.1) is 0 Å². The van der Waals surface area contributed by atoms with E-state index in [0.29, 0.717) is 6.10 Å². The first kappa shape index (κ1) is 14.3. The molecule has 18 heavy (non-hydrogen) atoms. The van der Waals surface area contributed by atoms with Gasteiger partial charge in [0.25, 0.3) is 0 Å². The molecular formula is C16H31NO. The van der Waals surface area contributed by atoms with Gasteiger partial charge in [0.2, 0.25) is 0 Å². The molecule has 0 spiro atoms. The molecule has 0 aromatic heterocycles. The van der Waals surface area contributed by atoms with Crippen molar-refractivity contribution in [1.29, 1.82) is 0 Å². The van der Waals surface area contributed by atoms with Crippen molar-refractivity contribution in [2.45, 2.75) is 95.8 Å². The topological polar surface area (TPSA) is 21.3 Å². The molecule has 1 N–H and O–H groups in total. The number of ether oxygens (including phenoxy) is 1. The molecule has 106 valence electrons. The Morgan fingerprint density at radius 1 is 1.00 bits per heavy atom. The van der Waals surface area contributed by atoms with E-state index in [4.69, 9.17) is 4.74 Å². The average molecular weight is 253 g/mol. The van der Waals surface area contributed by atoms with Gasteiger partial charge >= 0.3 is 0 Å². The summed E-state index contributed by atoms with van der Waals surface area (Å²) in [6.45, 7) is 7.77. The molecule has 0 atom stereocenters. The maximum Gasteiger partial charge on any atom is 0.0810 e. The predicted octanol–water partition coefficient (Wildman–Crippen LogP) is 4.04. The highest BCUT2D eigenvalue weighted by Gasteiger charge is 2.37. The van der Waals surface area contributed by atoms with Crippen molar-refractivity contribution in [3.05, 3.63) is 0 Å². The van der Waals surface area contributed by atoms with Gasteiger partial charge in [-0.05, 0) is 46.5 Å². The van der Waals surface area contributed by atoms with Crippen molar-refractivity contribution >= 4 is 0 Å². The van der Waals surface area contributed by atoms with Crippen LogP contribution in [0.3, 0.4) is 0 Å². The van der Waals surface area contributed by atoms with Crippen molar-refractivity contribution in [3.8, 4) is 0 Å². The predicted molar refractivity (Wildman–Crippen MR) is 76.9 cm³/mol. The lowest BCUT2D eigenvalue weighted by molar-refractivity contribution is -0.102. The fourth-order valence-corrected chi connectivity index (χ4v) is 3.32. The zero-order chi connectivity index (χ0) is 13.1. The van der Waals surface area contributed by atoms with Gasteiger partial charge in [0.1, 0.15) is 0 Å². The van der Waals surface area contributed by atoms with Crippen molar-refractivity contribution in [2.24, 2.45) is 0 Å². The van der Waals surface area contributed by atoms with Gasteiger partial charge in [-0.15, -0.1) is 0 Å². The van der Waals surface area contributed by atoms with Gasteiger partial charge in [0.15, 0.2) is 0 Å². The third-order valence-corrected chi connectivity index (χ3v) is 4.42. The average Bonchev–Trinajstić information content (AvgIpc) is 2.76. The molecule has 0 amide bonds. The van der Waals surface area contributed by atoms with Crippen LogP contribution >= 0.6 is 0 Å². The van der Waals surface area contributed by atoms with E-state index < -0.39 is 0 Å². The van der Waals surface area contributed by atoms with Crippen LogP contribution in [0.15, 0.2) is 0 Å². The van der Waals surface area contributed by atoms with Crippen LogP contribution in [0.2, 0.25) is 0 Å². The van der Waals surface area contributed by atoms with Gasteiger partial charge in [-0.2, -0.15) is 0 Å². The monoisotopic (exact) mass is 253 g/mol. The summed E-state index contributed by atoms with van der Waals surface area (Å²) in [5.41, 5.74) is 0.348. The standard InChI is InChI=1S/C16H31NO/c1-15(2,3)17-13-16(11-7-8-12-16)18-14-9-5-4-6-10-14/h14,17H,4-13H2,1-3H3. The number of hydrogen-bond donors (Lipinski definition) is 1. The lowest BCUT2D eigenvalue weighted by Crippen LogP contribution is -2.49. The van der Waals surface area contributed by atoms with Crippen LogP contribution in [0.5, 0.6) is 0 Å². The Hall–Kier alpha value is -0.0800. The smallest absolute Gasteiger partial charge is 0.0810 e. The van der Waals surface area contributed by atoms with E-state index in [-0.39, 0.29) is 11.1 Å². The Morgan fingerprint density at radius 2 is 1.61 bits per heavy atom. The molecule has 0 aliphatic heterocycles. The van der Waals surface area contributed by atoms with Crippen LogP contribution in [-0.4, -0.2) is 23.8 Å². The molecule has 2 fully saturated rings. The number of nitrogens with one attached hydrogen (secondary N) is 1. The quantitative estimate of drug-likeness (QED) is 0.816. The van der Waals surface area contributed by atoms with Gasteiger partial charge in [-0.25, -0.2) is 0 Å². The van der Waals surface area contributed by atoms with Crippen LogP contribution < -0.4 is 5.32 Å². The van der Waals surface area contributed by atoms with Crippen molar-refractivity contribution < 1.29 is 4.74 Å². The maximum atomic E-state index is 6.57. The van der Waals surface area contributed by atoms with E-state index in [1.54, 1.807) is 0 Å². The normalized spacial score (nSPS) is 25.5. The third-order valence-electron chi connectivity index (χ3n) is 4.42. The highest BCUT2D eigenvalue weighted by molar-refractivity contribution is 4.92. The van der Waals surface area contributed by atoms with Crippen molar-refractivity contribution in [3.63, 3.8) is 0 Å². The zero-order valence-electron chi connectivity index (χ0n) is 12.6. The minimum absolute atomic E-state index is 0.148. The van der Waals surface area contributed by atoms with Gasteiger partial charge in [0, 0.05) is 12.1 Å². The molecule has 0 heterocycles. The molecule has 0 aromatic carbocycles. The summed E-state index contributed by atoms with van der Waals surface area (Å²) in [7, 11) is 0. The second-order valence-electron chi connectivity index (χ2n) is 7.37. The fraction of sp³-hybridized carbons (Fsp3) is 1.00. The molecule has 2 aliphatic rings. The van der Waals surface area contributed by atoms with E-state index >= 15 is 0 Å². The molecule has 2 rings (SSSR count). The largest absolute Gasteiger partial charge is 0.370 e. The molecule has 0 aromatic rings. The van der Waals surface area contributed by atoms with Gasteiger partial charge < -0.3 is 10.1 Å². The first-order chi connectivity index (χ1) is 8.49. The molecule has 0 unspecified atom stereocenters. The first-order valence-electron chi connectivity index (χ1n) is 7.92. The summed E-state index contributed by atoms with van der Waals surface area (Å²) in [5, 5.41) is 3.67. The van der Waals surface area contributed by atoms with Crippen molar-refractivity contribution in [1.82, 2.24) is 5.32 Å². The van der Waals surface area contributed by atoms with E-state index in [9.17, 15) is 0 Å². The van der Waals surface area contributed by atoms with Crippen LogP contribution in [0.25, 0.3) is 0 Å². The molecular weight excluding hydrogens is 222 g/mol. The second kappa shape index (κ2) is 5.92. The van der Waals surface area contributed by atoms with Crippen molar-refractivity contribution in [2.75, 3.05) is 6.54 Å². The molecule has 2 aliphatic carbocycles. The maximum absolute atomic E-state index is 6.57. The molecule has 0 radical (unpaired) electrons.